The summed E-state index contributed by atoms with van der Waals surface area (Å²) in [5.41, 5.74) is 1.46. The lowest BCUT2D eigenvalue weighted by Crippen LogP contribution is -2.55. The summed E-state index contributed by atoms with van der Waals surface area (Å²) in [7, 11) is 0. The highest BCUT2D eigenvalue weighted by atomic mass is 16.1. The van der Waals surface area contributed by atoms with Gasteiger partial charge in [-0.15, -0.1) is 0 Å². The molecule has 4 heteroatoms. The molecule has 1 N–H and O–H groups in total. The molecule has 137 valence electrons. The van der Waals surface area contributed by atoms with E-state index >= 15 is 0 Å². The van der Waals surface area contributed by atoms with Gasteiger partial charge in [-0.1, -0.05) is 91.0 Å². The van der Waals surface area contributed by atoms with Gasteiger partial charge < -0.3 is 5.32 Å². The highest BCUT2D eigenvalue weighted by Gasteiger charge is 2.55. The molecular weight excluding hydrogens is 346 g/mol. The van der Waals surface area contributed by atoms with Crippen LogP contribution in [-0.2, 0) is 10.2 Å². The number of rotatable bonds is 7. The molecule has 0 aromatic heterocycles. The minimum absolute atomic E-state index is 0.224. The third-order valence-electron chi connectivity index (χ3n) is 5.27. The molecular formula is C24H20N3O. The molecule has 1 heterocycles. The van der Waals surface area contributed by atoms with E-state index in [0.29, 0.717) is 0 Å². The van der Waals surface area contributed by atoms with Crippen molar-refractivity contribution in [3.63, 3.8) is 0 Å². The Bertz CT molecular complexity index is 873. The molecule has 1 aliphatic rings. The van der Waals surface area contributed by atoms with Crippen molar-refractivity contribution in [1.82, 2.24) is 5.32 Å². The average Bonchev–Trinajstić information content (AvgIpc) is 3.25. The maximum absolute atomic E-state index is 11.1. The van der Waals surface area contributed by atoms with E-state index in [1.165, 1.54) is 0 Å². The third kappa shape index (κ3) is 2.74. The highest BCUT2D eigenvalue weighted by Crippen LogP contribution is 2.50. The number of hydrogen-bond acceptors (Lipinski definition) is 3. The summed E-state index contributed by atoms with van der Waals surface area (Å²) in [4.78, 5) is 20.7. The molecule has 1 aliphatic heterocycles. The molecule has 0 aliphatic carbocycles. The molecule has 1 radical (unpaired) electrons. The standard InChI is InChI=1S/C24H20N3O/c28-19-25-18-23(26-16-17-27-23)24(20-10-4-1-5-11-20,21-12-6-2-7-13-21)22-14-8-3-9-15-22/h1-17H,18H2,(H,25,28). The molecule has 28 heavy (non-hydrogen) atoms. The van der Waals surface area contributed by atoms with E-state index in [1.54, 1.807) is 18.8 Å². The second-order valence-corrected chi connectivity index (χ2v) is 6.68. The quantitative estimate of drug-likeness (QED) is 0.505. The number of benzene rings is 3. The van der Waals surface area contributed by atoms with Crippen LogP contribution in [0.3, 0.4) is 0 Å². The second-order valence-electron chi connectivity index (χ2n) is 6.68. The molecule has 4 rings (SSSR count). The van der Waals surface area contributed by atoms with Crippen LogP contribution in [0.1, 0.15) is 16.7 Å². The van der Waals surface area contributed by atoms with Crippen molar-refractivity contribution in [2.75, 3.05) is 6.54 Å². The Morgan fingerprint density at radius 2 is 1.11 bits per heavy atom. The molecule has 0 unspecified atom stereocenters. The first kappa shape index (κ1) is 17.9. The summed E-state index contributed by atoms with van der Waals surface area (Å²) in [6.45, 7) is 0.224. The van der Waals surface area contributed by atoms with Gasteiger partial charge in [0.1, 0.15) is 0 Å². The Kier molecular flexibility index (Phi) is 4.85. The van der Waals surface area contributed by atoms with Crippen LogP contribution in [0, 0.1) is 0 Å². The van der Waals surface area contributed by atoms with Crippen LogP contribution in [0.4, 0.5) is 0 Å². The summed E-state index contributed by atoms with van der Waals surface area (Å²) in [5, 5.41) is 2.71. The predicted molar refractivity (Wildman–Crippen MR) is 113 cm³/mol. The van der Waals surface area contributed by atoms with Crippen LogP contribution in [-0.4, -0.2) is 31.0 Å². The van der Waals surface area contributed by atoms with E-state index in [0.717, 1.165) is 16.7 Å². The summed E-state index contributed by atoms with van der Waals surface area (Å²) in [6.07, 6.45) is 5.21. The van der Waals surface area contributed by atoms with E-state index < -0.39 is 11.1 Å². The molecule has 0 saturated heterocycles. The van der Waals surface area contributed by atoms with Crippen molar-refractivity contribution < 1.29 is 4.79 Å². The van der Waals surface area contributed by atoms with Crippen LogP contribution >= 0.6 is 0 Å². The van der Waals surface area contributed by atoms with E-state index in [4.69, 9.17) is 9.98 Å². The normalized spacial score (nSPS) is 14.7. The first-order chi connectivity index (χ1) is 13.8. The van der Waals surface area contributed by atoms with E-state index in [-0.39, 0.29) is 6.54 Å². The highest BCUT2D eigenvalue weighted by molar-refractivity contribution is 6.18. The van der Waals surface area contributed by atoms with Crippen LogP contribution < -0.4 is 5.32 Å². The topological polar surface area (TPSA) is 53.8 Å². The first-order valence-electron chi connectivity index (χ1n) is 9.19. The molecule has 4 nitrogen and oxygen atoms in total. The van der Waals surface area contributed by atoms with Crippen molar-refractivity contribution in [2.45, 2.75) is 11.1 Å². The molecule has 0 atom stereocenters. The van der Waals surface area contributed by atoms with Gasteiger partial charge in [-0.2, -0.15) is 0 Å². The van der Waals surface area contributed by atoms with Crippen LogP contribution in [0.25, 0.3) is 0 Å². The molecule has 0 spiro atoms. The van der Waals surface area contributed by atoms with Gasteiger partial charge in [-0.3, -0.25) is 14.8 Å². The van der Waals surface area contributed by atoms with E-state index in [1.807, 2.05) is 54.6 Å². The van der Waals surface area contributed by atoms with Gasteiger partial charge in [0.2, 0.25) is 0 Å². The number of amides is 1. The number of aliphatic imine (C=N–C) groups is 2. The van der Waals surface area contributed by atoms with Gasteiger partial charge in [-0.25, -0.2) is 0 Å². The summed E-state index contributed by atoms with van der Waals surface area (Å²) >= 11 is 0. The molecule has 0 bridgehead atoms. The zero-order chi connectivity index (χ0) is 19.3. The van der Waals surface area contributed by atoms with E-state index in [9.17, 15) is 4.79 Å². The smallest absolute Gasteiger partial charge is 0.309 e. The summed E-state index contributed by atoms with van der Waals surface area (Å²) < 4.78 is 0. The zero-order valence-corrected chi connectivity index (χ0v) is 15.3. The predicted octanol–water partition coefficient (Wildman–Crippen LogP) is 3.53. The van der Waals surface area contributed by atoms with Crippen molar-refractivity contribution in [3.8, 4) is 0 Å². The van der Waals surface area contributed by atoms with Gasteiger partial charge in [-0.05, 0) is 16.7 Å². The maximum Gasteiger partial charge on any atom is 0.309 e. The van der Waals surface area contributed by atoms with Crippen molar-refractivity contribution in [3.05, 3.63) is 108 Å². The number of nitrogens with zero attached hydrogens (tertiary/aromatic N) is 2. The monoisotopic (exact) mass is 366 g/mol. The summed E-state index contributed by atoms with van der Waals surface area (Å²) in [6, 6.07) is 30.7. The van der Waals surface area contributed by atoms with E-state index in [2.05, 4.69) is 41.7 Å². The minimum Gasteiger partial charge on any atom is -0.343 e. The first-order valence-corrected chi connectivity index (χ1v) is 9.19. The fraction of sp³-hybridized carbons (Fsp3) is 0.125. The molecule has 0 saturated carbocycles. The van der Waals surface area contributed by atoms with Crippen molar-refractivity contribution >= 4 is 18.8 Å². The van der Waals surface area contributed by atoms with Crippen LogP contribution in [0.15, 0.2) is 101 Å². The fourth-order valence-electron chi connectivity index (χ4n) is 4.18. The van der Waals surface area contributed by atoms with Crippen LogP contribution in [0.2, 0.25) is 0 Å². The Balaban J connectivity index is 2.12. The van der Waals surface area contributed by atoms with Gasteiger partial charge >= 0.3 is 6.41 Å². The second kappa shape index (κ2) is 7.61. The van der Waals surface area contributed by atoms with Gasteiger partial charge in [0, 0.05) is 12.4 Å². The molecule has 0 fully saturated rings. The number of nitrogens with one attached hydrogen (secondary N) is 1. The van der Waals surface area contributed by atoms with Crippen molar-refractivity contribution in [1.29, 1.82) is 0 Å². The molecule has 1 amide bonds. The maximum atomic E-state index is 11.1. The Morgan fingerprint density at radius 1 is 0.714 bits per heavy atom. The van der Waals surface area contributed by atoms with Crippen LogP contribution in [0.5, 0.6) is 0 Å². The number of carbonyl (C=O) groups excluding carboxylic acids is 1. The lowest BCUT2D eigenvalue weighted by molar-refractivity contribution is 0.319. The van der Waals surface area contributed by atoms with Gasteiger partial charge in [0.15, 0.2) is 5.66 Å². The SMILES string of the molecule is O=[C]NCC1(C(c2ccccc2)(c2ccccc2)c2ccccc2)N=CC=N1. The van der Waals surface area contributed by atoms with Gasteiger partial charge in [0.05, 0.1) is 12.0 Å². The number of hydrogen-bond donors (Lipinski definition) is 1. The lowest BCUT2D eigenvalue weighted by Gasteiger charge is -2.46. The molecule has 3 aromatic rings. The average molecular weight is 366 g/mol. The zero-order valence-electron chi connectivity index (χ0n) is 15.3. The fourth-order valence-corrected chi connectivity index (χ4v) is 4.18. The Morgan fingerprint density at radius 3 is 1.46 bits per heavy atom. The minimum atomic E-state index is -0.964. The van der Waals surface area contributed by atoms with Crippen molar-refractivity contribution in [2.24, 2.45) is 9.98 Å². The van der Waals surface area contributed by atoms with Gasteiger partial charge in [0.25, 0.3) is 0 Å². The third-order valence-corrected chi connectivity index (χ3v) is 5.27. The largest absolute Gasteiger partial charge is 0.343 e. The Labute approximate surface area is 164 Å². The summed E-state index contributed by atoms with van der Waals surface area (Å²) in [5.74, 6) is 0. The lowest BCUT2D eigenvalue weighted by atomic mass is 9.61. The molecule has 3 aromatic carbocycles. The Hall–Kier alpha value is -3.53.